The fraction of sp³-hybridized carbons (Fsp3) is 0.647. The van der Waals surface area contributed by atoms with Crippen LogP contribution in [0.25, 0.3) is 0 Å². The first-order valence-electron chi connectivity index (χ1n) is 7.17. The average Bonchev–Trinajstić information content (AvgIpc) is 2.37. The van der Waals surface area contributed by atoms with Gasteiger partial charge in [0.2, 0.25) is 0 Å². The van der Waals surface area contributed by atoms with Gasteiger partial charge >= 0.3 is 0 Å². The molecule has 0 aliphatic heterocycles. The Morgan fingerprint density at radius 1 is 0.882 bits per heavy atom. The SMILES string of the molecule is CCC(C)Cc1ccc(C(C)C(C)CC)cc1. The van der Waals surface area contributed by atoms with Gasteiger partial charge in [0, 0.05) is 0 Å². The van der Waals surface area contributed by atoms with Crippen LogP contribution >= 0.6 is 0 Å². The van der Waals surface area contributed by atoms with E-state index in [2.05, 4.69) is 58.9 Å². The van der Waals surface area contributed by atoms with Gasteiger partial charge in [0.05, 0.1) is 0 Å². The van der Waals surface area contributed by atoms with E-state index >= 15 is 0 Å². The highest BCUT2D eigenvalue weighted by Crippen LogP contribution is 2.26. The third kappa shape index (κ3) is 4.18. The van der Waals surface area contributed by atoms with E-state index in [1.165, 1.54) is 30.4 Å². The molecule has 0 radical (unpaired) electrons. The van der Waals surface area contributed by atoms with Gasteiger partial charge in [-0.15, -0.1) is 0 Å². The van der Waals surface area contributed by atoms with E-state index in [0.29, 0.717) is 5.92 Å². The molecule has 0 aliphatic rings. The maximum absolute atomic E-state index is 2.35. The summed E-state index contributed by atoms with van der Waals surface area (Å²) in [7, 11) is 0. The molecule has 1 rings (SSSR count). The summed E-state index contributed by atoms with van der Waals surface area (Å²) in [5.41, 5.74) is 2.98. The van der Waals surface area contributed by atoms with Crippen LogP contribution in [-0.4, -0.2) is 0 Å². The predicted octanol–water partition coefficient (Wildman–Crippen LogP) is 5.42. The Kier molecular flexibility index (Phi) is 5.74. The molecular weight excluding hydrogens is 204 g/mol. The van der Waals surface area contributed by atoms with Crippen LogP contribution in [0.4, 0.5) is 0 Å². The summed E-state index contributed by atoms with van der Waals surface area (Å²) in [4.78, 5) is 0. The molecule has 3 atom stereocenters. The van der Waals surface area contributed by atoms with Crippen LogP contribution in [-0.2, 0) is 6.42 Å². The smallest absolute Gasteiger partial charge is 0.0165 e. The van der Waals surface area contributed by atoms with Crippen LogP contribution in [0.1, 0.15) is 64.5 Å². The molecule has 0 amide bonds. The van der Waals surface area contributed by atoms with Crippen LogP contribution in [0.15, 0.2) is 24.3 Å². The first kappa shape index (κ1) is 14.3. The van der Waals surface area contributed by atoms with Crippen molar-refractivity contribution in [2.45, 2.75) is 59.8 Å². The highest BCUT2D eigenvalue weighted by molar-refractivity contribution is 5.25. The van der Waals surface area contributed by atoms with Crippen molar-refractivity contribution in [1.29, 1.82) is 0 Å². The third-order valence-corrected chi connectivity index (χ3v) is 4.28. The van der Waals surface area contributed by atoms with Crippen LogP contribution in [0.5, 0.6) is 0 Å². The van der Waals surface area contributed by atoms with Gasteiger partial charge in [-0.1, -0.05) is 71.7 Å². The molecule has 0 nitrogen and oxygen atoms in total. The number of hydrogen-bond acceptors (Lipinski definition) is 0. The molecule has 0 aromatic heterocycles. The highest BCUT2D eigenvalue weighted by atomic mass is 14.2. The number of hydrogen-bond donors (Lipinski definition) is 0. The van der Waals surface area contributed by atoms with Gasteiger partial charge in [0.25, 0.3) is 0 Å². The van der Waals surface area contributed by atoms with Gasteiger partial charge in [-0.2, -0.15) is 0 Å². The summed E-state index contributed by atoms with van der Waals surface area (Å²) in [6, 6.07) is 9.30. The maximum atomic E-state index is 2.35. The first-order valence-corrected chi connectivity index (χ1v) is 7.17. The molecule has 1 aromatic rings. The summed E-state index contributed by atoms with van der Waals surface area (Å²) in [5.74, 6) is 2.25. The van der Waals surface area contributed by atoms with Gasteiger partial charge in [0.1, 0.15) is 0 Å². The van der Waals surface area contributed by atoms with E-state index in [-0.39, 0.29) is 0 Å². The third-order valence-electron chi connectivity index (χ3n) is 4.28. The number of benzene rings is 1. The molecule has 17 heavy (non-hydrogen) atoms. The van der Waals surface area contributed by atoms with Crippen molar-refractivity contribution in [2.24, 2.45) is 11.8 Å². The second kappa shape index (κ2) is 6.83. The van der Waals surface area contributed by atoms with Crippen molar-refractivity contribution in [3.05, 3.63) is 35.4 Å². The van der Waals surface area contributed by atoms with E-state index in [1.54, 1.807) is 0 Å². The minimum atomic E-state index is 0.678. The molecule has 1 aromatic carbocycles. The fourth-order valence-electron chi connectivity index (χ4n) is 2.19. The molecule has 96 valence electrons. The molecule has 0 aliphatic carbocycles. The van der Waals surface area contributed by atoms with E-state index < -0.39 is 0 Å². The summed E-state index contributed by atoms with van der Waals surface area (Å²) >= 11 is 0. The Balaban J connectivity index is 2.67. The standard InChI is InChI=1S/C17H28/c1-6-13(3)12-16-8-10-17(11-9-16)15(5)14(4)7-2/h8-11,13-15H,6-7,12H2,1-5H3. The molecule has 0 saturated heterocycles. The van der Waals surface area contributed by atoms with Gasteiger partial charge in [-0.3, -0.25) is 0 Å². The molecule has 0 fully saturated rings. The molecular formula is C17H28. The van der Waals surface area contributed by atoms with E-state index in [9.17, 15) is 0 Å². The van der Waals surface area contributed by atoms with Crippen LogP contribution < -0.4 is 0 Å². The normalized spacial score (nSPS) is 16.5. The minimum absolute atomic E-state index is 0.678. The molecule has 0 saturated carbocycles. The Hall–Kier alpha value is -0.780. The zero-order valence-corrected chi connectivity index (χ0v) is 12.2. The Morgan fingerprint density at radius 2 is 1.47 bits per heavy atom. The second-order valence-electron chi connectivity index (χ2n) is 5.63. The van der Waals surface area contributed by atoms with Crippen LogP contribution in [0.2, 0.25) is 0 Å². The molecule has 0 heteroatoms. The molecule has 0 spiro atoms. The quantitative estimate of drug-likeness (QED) is 0.614. The van der Waals surface area contributed by atoms with E-state index in [1.807, 2.05) is 0 Å². The lowest BCUT2D eigenvalue weighted by molar-refractivity contribution is 0.473. The van der Waals surface area contributed by atoms with Gasteiger partial charge < -0.3 is 0 Å². The first-order chi connectivity index (χ1) is 8.08. The zero-order chi connectivity index (χ0) is 12.8. The lowest BCUT2D eigenvalue weighted by atomic mass is 9.86. The van der Waals surface area contributed by atoms with E-state index in [0.717, 1.165) is 11.8 Å². The van der Waals surface area contributed by atoms with Gasteiger partial charge in [-0.25, -0.2) is 0 Å². The minimum Gasteiger partial charge on any atom is -0.0651 e. The van der Waals surface area contributed by atoms with Crippen LogP contribution in [0, 0.1) is 11.8 Å². The summed E-state index contributed by atoms with van der Waals surface area (Å²) < 4.78 is 0. The molecule has 0 N–H and O–H groups in total. The van der Waals surface area contributed by atoms with Crippen molar-refractivity contribution in [3.63, 3.8) is 0 Å². The predicted molar refractivity (Wildman–Crippen MR) is 77.5 cm³/mol. The Labute approximate surface area is 107 Å². The van der Waals surface area contributed by atoms with Crippen molar-refractivity contribution in [2.75, 3.05) is 0 Å². The number of rotatable bonds is 6. The largest absolute Gasteiger partial charge is 0.0651 e. The average molecular weight is 232 g/mol. The van der Waals surface area contributed by atoms with Crippen molar-refractivity contribution < 1.29 is 0 Å². The summed E-state index contributed by atoms with van der Waals surface area (Å²) in [5, 5.41) is 0. The lowest BCUT2D eigenvalue weighted by Gasteiger charge is -2.19. The highest BCUT2D eigenvalue weighted by Gasteiger charge is 2.12. The molecule has 0 heterocycles. The second-order valence-corrected chi connectivity index (χ2v) is 5.63. The summed E-state index contributed by atoms with van der Waals surface area (Å²) in [6.45, 7) is 11.6. The van der Waals surface area contributed by atoms with Crippen molar-refractivity contribution >= 4 is 0 Å². The topological polar surface area (TPSA) is 0 Å². The molecule has 3 unspecified atom stereocenters. The van der Waals surface area contributed by atoms with Crippen molar-refractivity contribution in [3.8, 4) is 0 Å². The monoisotopic (exact) mass is 232 g/mol. The molecule has 0 bridgehead atoms. The van der Waals surface area contributed by atoms with Gasteiger partial charge in [-0.05, 0) is 35.3 Å². The van der Waals surface area contributed by atoms with Crippen molar-refractivity contribution in [1.82, 2.24) is 0 Å². The van der Waals surface area contributed by atoms with E-state index in [4.69, 9.17) is 0 Å². The fourth-order valence-corrected chi connectivity index (χ4v) is 2.19. The maximum Gasteiger partial charge on any atom is -0.0165 e. The zero-order valence-electron chi connectivity index (χ0n) is 12.2. The Morgan fingerprint density at radius 3 is 1.94 bits per heavy atom. The lowest BCUT2D eigenvalue weighted by Crippen LogP contribution is -2.05. The van der Waals surface area contributed by atoms with Crippen LogP contribution in [0.3, 0.4) is 0 Å². The Bertz CT molecular complexity index is 309. The summed E-state index contributed by atoms with van der Waals surface area (Å²) in [6.07, 6.45) is 3.75. The van der Waals surface area contributed by atoms with Gasteiger partial charge in [0.15, 0.2) is 0 Å².